The molecule has 4 rings (SSSR count). The molecule has 0 aromatic heterocycles. The van der Waals surface area contributed by atoms with Crippen molar-refractivity contribution in [2.75, 3.05) is 10.8 Å². The fourth-order valence-electron chi connectivity index (χ4n) is 5.19. The largest absolute Gasteiger partial charge is 0.352 e. The number of carbonyl (C=O) groups is 2. The van der Waals surface area contributed by atoms with E-state index in [2.05, 4.69) is 5.32 Å². The van der Waals surface area contributed by atoms with Crippen LogP contribution in [0.5, 0.6) is 0 Å². The van der Waals surface area contributed by atoms with Crippen molar-refractivity contribution < 1.29 is 18.0 Å². The first-order valence-corrected chi connectivity index (χ1v) is 15.9. The molecule has 0 bridgehead atoms. The number of sulfonamides is 1. The summed E-state index contributed by atoms with van der Waals surface area (Å²) in [6, 6.07) is 22.4. The van der Waals surface area contributed by atoms with Crippen LogP contribution in [-0.4, -0.2) is 43.8 Å². The Labute approximate surface area is 244 Å². The van der Waals surface area contributed by atoms with Crippen molar-refractivity contribution in [3.8, 4) is 0 Å². The number of hydrogen-bond acceptors (Lipinski definition) is 4. The Morgan fingerprint density at radius 2 is 1.49 bits per heavy atom. The van der Waals surface area contributed by atoms with Gasteiger partial charge in [0.1, 0.15) is 12.6 Å². The monoisotopic (exact) mass is 575 g/mol. The summed E-state index contributed by atoms with van der Waals surface area (Å²) in [7, 11) is -4.06. The predicted molar refractivity (Wildman–Crippen MR) is 163 cm³/mol. The molecule has 218 valence electrons. The summed E-state index contributed by atoms with van der Waals surface area (Å²) in [6.45, 7) is 5.49. The maximum Gasteiger partial charge on any atom is 0.264 e. The van der Waals surface area contributed by atoms with Crippen LogP contribution < -0.4 is 9.62 Å². The molecular formula is C33H41N3O4S. The van der Waals surface area contributed by atoms with E-state index in [0.29, 0.717) is 5.69 Å². The highest BCUT2D eigenvalue weighted by Gasteiger charge is 2.33. The quantitative estimate of drug-likeness (QED) is 0.322. The number of benzene rings is 3. The van der Waals surface area contributed by atoms with Crippen LogP contribution in [0.25, 0.3) is 0 Å². The number of carbonyl (C=O) groups excluding carboxylic acids is 2. The Morgan fingerprint density at radius 3 is 2.10 bits per heavy atom. The zero-order chi connectivity index (χ0) is 29.4. The normalized spacial score (nSPS) is 14.7. The van der Waals surface area contributed by atoms with E-state index in [4.69, 9.17) is 0 Å². The zero-order valence-electron chi connectivity index (χ0n) is 24.3. The molecule has 7 nitrogen and oxygen atoms in total. The van der Waals surface area contributed by atoms with Crippen molar-refractivity contribution in [1.82, 2.24) is 10.2 Å². The third-order valence-corrected chi connectivity index (χ3v) is 9.62. The number of aryl methyl sites for hydroxylation is 2. The van der Waals surface area contributed by atoms with Gasteiger partial charge in [-0.3, -0.25) is 13.9 Å². The smallest absolute Gasteiger partial charge is 0.264 e. The minimum absolute atomic E-state index is 0.0977. The molecule has 1 atom stereocenters. The Bertz CT molecular complexity index is 1400. The van der Waals surface area contributed by atoms with E-state index in [9.17, 15) is 18.0 Å². The number of rotatable bonds is 11. The maximum atomic E-state index is 14.1. The SMILES string of the molecule is CCc1ccc(N(CC(=O)N(Cc2ccc(C)cc2)[C@H](C)C(=O)NC2CCCCC2)S(=O)(=O)c2ccccc2)cc1. The van der Waals surface area contributed by atoms with Crippen LogP contribution in [-0.2, 0) is 32.6 Å². The highest BCUT2D eigenvalue weighted by molar-refractivity contribution is 7.92. The van der Waals surface area contributed by atoms with Crippen molar-refractivity contribution in [2.45, 2.75) is 82.8 Å². The van der Waals surface area contributed by atoms with Crippen LogP contribution in [0.1, 0.15) is 62.6 Å². The van der Waals surface area contributed by atoms with Gasteiger partial charge in [0.15, 0.2) is 0 Å². The van der Waals surface area contributed by atoms with Crippen molar-refractivity contribution in [2.24, 2.45) is 0 Å². The second-order valence-electron chi connectivity index (χ2n) is 10.9. The van der Waals surface area contributed by atoms with Crippen LogP contribution in [0, 0.1) is 6.92 Å². The molecule has 41 heavy (non-hydrogen) atoms. The molecule has 0 saturated heterocycles. The van der Waals surface area contributed by atoms with E-state index >= 15 is 0 Å². The van der Waals surface area contributed by atoms with E-state index in [-0.39, 0.29) is 23.4 Å². The summed E-state index contributed by atoms with van der Waals surface area (Å²) in [4.78, 5) is 29.1. The van der Waals surface area contributed by atoms with E-state index in [1.165, 1.54) is 23.5 Å². The summed E-state index contributed by atoms with van der Waals surface area (Å²) in [5.41, 5.74) is 3.41. The Hall–Kier alpha value is -3.65. The average Bonchev–Trinajstić information content (AvgIpc) is 3.00. The van der Waals surface area contributed by atoms with E-state index < -0.39 is 28.5 Å². The maximum absolute atomic E-state index is 14.1. The van der Waals surface area contributed by atoms with Gasteiger partial charge in [0.05, 0.1) is 10.6 Å². The van der Waals surface area contributed by atoms with Gasteiger partial charge >= 0.3 is 0 Å². The van der Waals surface area contributed by atoms with Gasteiger partial charge in [-0.05, 0) is 68.5 Å². The number of nitrogens with one attached hydrogen (secondary N) is 1. The lowest BCUT2D eigenvalue weighted by molar-refractivity contribution is -0.139. The van der Waals surface area contributed by atoms with Crippen LogP contribution in [0.2, 0.25) is 0 Å². The number of amides is 2. The molecule has 1 N–H and O–H groups in total. The first kappa shape index (κ1) is 30.3. The summed E-state index contributed by atoms with van der Waals surface area (Å²) in [5.74, 6) is -0.668. The highest BCUT2D eigenvalue weighted by atomic mass is 32.2. The van der Waals surface area contributed by atoms with Crippen LogP contribution in [0.15, 0.2) is 83.8 Å². The van der Waals surface area contributed by atoms with Gasteiger partial charge in [-0.2, -0.15) is 0 Å². The molecule has 0 aliphatic heterocycles. The lowest BCUT2D eigenvalue weighted by atomic mass is 9.95. The molecule has 3 aromatic rings. The molecule has 1 aliphatic carbocycles. The summed E-state index contributed by atoms with van der Waals surface area (Å²) in [5, 5.41) is 3.14. The first-order valence-electron chi connectivity index (χ1n) is 14.5. The summed E-state index contributed by atoms with van der Waals surface area (Å²) < 4.78 is 28.9. The van der Waals surface area contributed by atoms with Gasteiger partial charge in [-0.25, -0.2) is 8.42 Å². The summed E-state index contributed by atoms with van der Waals surface area (Å²) >= 11 is 0. The van der Waals surface area contributed by atoms with Gasteiger partial charge < -0.3 is 10.2 Å². The molecular weight excluding hydrogens is 534 g/mol. The van der Waals surface area contributed by atoms with Gasteiger partial charge in [0, 0.05) is 12.6 Å². The fourth-order valence-corrected chi connectivity index (χ4v) is 6.62. The molecule has 8 heteroatoms. The number of nitrogens with zero attached hydrogens (tertiary/aromatic N) is 2. The fraction of sp³-hybridized carbons (Fsp3) is 0.394. The average molecular weight is 576 g/mol. The van der Waals surface area contributed by atoms with Gasteiger partial charge in [-0.15, -0.1) is 0 Å². The van der Waals surface area contributed by atoms with Gasteiger partial charge in [0.2, 0.25) is 11.8 Å². The lowest BCUT2D eigenvalue weighted by Gasteiger charge is -2.33. The lowest BCUT2D eigenvalue weighted by Crippen LogP contribution is -2.53. The van der Waals surface area contributed by atoms with Crippen LogP contribution in [0.4, 0.5) is 5.69 Å². The van der Waals surface area contributed by atoms with Crippen molar-refractivity contribution in [1.29, 1.82) is 0 Å². The first-order chi connectivity index (χ1) is 19.7. The van der Waals surface area contributed by atoms with E-state index in [0.717, 1.165) is 53.1 Å². The van der Waals surface area contributed by atoms with Crippen molar-refractivity contribution in [3.05, 3.63) is 95.6 Å². The molecule has 0 spiro atoms. The van der Waals surface area contributed by atoms with Crippen molar-refractivity contribution >= 4 is 27.5 Å². The molecule has 0 unspecified atom stereocenters. The van der Waals surface area contributed by atoms with Gasteiger partial charge in [0.25, 0.3) is 10.0 Å². The zero-order valence-corrected chi connectivity index (χ0v) is 25.1. The minimum atomic E-state index is -4.06. The number of hydrogen-bond donors (Lipinski definition) is 1. The second-order valence-corrected chi connectivity index (χ2v) is 12.7. The topological polar surface area (TPSA) is 86.8 Å². The van der Waals surface area contributed by atoms with E-state index in [1.807, 2.05) is 50.2 Å². The Balaban J connectivity index is 1.66. The molecule has 0 heterocycles. The standard InChI is InChI=1S/C33H41N3O4S/c1-4-27-19-21-30(22-20-27)36(41(39,40)31-13-9-6-10-14-31)24-32(37)35(23-28-17-15-25(2)16-18-28)26(3)33(38)34-29-11-7-5-8-12-29/h6,9-10,13-22,26,29H,4-5,7-8,11-12,23-24H2,1-3H3,(H,34,38)/t26-/m1/s1. The number of anilines is 1. The molecule has 2 amide bonds. The Kier molecular flexibility index (Phi) is 10.2. The van der Waals surface area contributed by atoms with Crippen LogP contribution in [0.3, 0.4) is 0 Å². The third-order valence-electron chi connectivity index (χ3n) is 7.84. The highest BCUT2D eigenvalue weighted by Crippen LogP contribution is 2.25. The summed E-state index contributed by atoms with van der Waals surface area (Å²) in [6.07, 6.45) is 6.00. The molecule has 3 aromatic carbocycles. The minimum Gasteiger partial charge on any atom is -0.352 e. The Morgan fingerprint density at radius 1 is 0.878 bits per heavy atom. The molecule has 1 aliphatic rings. The van der Waals surface area contributed by atoms with Gasteiger partial charge in [-0.1, -0.05) is 86.3 Å². The van der Waals surface area contributed by atoms with Crippen molar-refractivity contribution in [3.63, 3.8) is 0 Å². The third kappa shape index (κ3) is 7.76. The molecule has 1 fully saturated rings. The molecule has 0 radical (unpaired) electrons. The molecule has 1 saturated carbocycles. The van der Waals surface area contributed by atoms with Crippen LogP contribution >= 0.6 is 0 Å². The predicted octanol–water partition coefficient (Wildman–Crippen LogP) is 5.62. The second kappa shape index (κ2) is 13.8. The van der Waals surface area contributed by atoms with E-state index in [1.54, 1.807) is 37.3 Å².